The van der Waals surface area contributed by atoms with E-state index in [0.29, 0.717) is 49.6 Å². The van der Waals surface area contributed by atoms with Crippen molar-refractivity contribution in [2.45, 2.75) is 117 Å². The Bertz CT molecular complexity index is 2340. The van der Waals surface area contributed by atoms with Crippen LogP contribution in [0.15, 0.2) is 41.9 Å². The van der Waals surface area contributed by atoms with Crippen LogP contribution in [0.3, 0.4) is 0 Å². The van der Waals surface area contributed by atoms with Crippen LogP contribution in [0.2, 0.25) is 0 Å². The van der Waals surface area contributed by atoms with Crippen molar-refractivity contribution in [2.24, 2.45) is 23.2 Å². The number of likely N-dealkylation sites (tertiary alicyclic amines) is 1. The van der Waals surface area contributed by atoms with Crippen LogP contribution < -0.4 is 10.7 Å². The highest BCUT2D eigenvalue weighted by Gasteiger charge is 2.58. The van der Waals surface area contributed by atoms with E-state index in [0.717, 1.165) is 51.8 Å². The summed E-state index contributed by atoms with van der Waals surface area (Å²) in [6.45, 7) is 16.2. The summed E-state index contributed by atoms with van der Waals surface area (Å²) in [5, 5.41) is 8.03. The zero-order valence-corrected chi connectivity index (χ0v) is 38.0. The van der Waals surface area contributed by atoms with Crippen molar-refractivity contribution in [1.82, 2.24) is 35.2 Å². The van der Waals surface area contributed by atoms with Gasteiger partial charge in [0.15, 0.2) is 0 Å². The monoisotopic (exact) mass is 867 g/mol. The minimum Gasteiger partial charge on any atom is -0.464 e. The standard InChI is InChI=1S/C47H61N7O7S/c1-9-52-35-18-17-29-22-31(35)32(40(52)30-15-11-19-48-38(30)28(5)59-8)23-47(6,7)25-61-46(58)33-16-13-21-54(51-33)45(57)39(41(60-10-2)43-49-34(29)24-62-43)50-42(55)36-27(4)37(36)44(56)53-20-12-14-26(53)3/h11,15,17-19,22,24,26-28,33,36-37,39,41,51H,9-10,12-14,16,20-21,23,25H2,1-8H3,(H,50,55)/t26-,27-,28+,33+,36-,37-,39?,41+/m1/s1. The van der Waals surface area contributed by atoms with Crippen LogP contribution in [-0.2, 0) is 46.4 Å². The molecule has 1 aromatic carbocycles. The Morgan fingerprint density at radius 3 is 2.61 bits per heavy atom. The number of benzene rings is 1. The van der Waals surface area contributed by atoms with Crippen molar-refractivity contribution >= 4 is 45.9 Å². The first-order chi connectivity index (χ1) is 29.8. The number of aromatic nitrogens is 3. The molecular formula is C47H61N7O7S. The second-order valence-electron chi connectivity index (χ2n) is 18.2. The molecule has 0 radical (unpaired) electrons. The van der Waals surface area contributed by atoms with Crippen LogP contribution in [0.1, 0.15) is 103 Å². The topological polar surface area (TPSA) is 157 Å². The van der Waals surface area contributed by atoms with Gasteiger partial charge in [-0.05, 0) is 95.5 Å². The van der Waals surface area contributed by atoms with Gasteiger partial charge < -0.3 is 29.0 Å². The normalized spacial score (nSPS) is 26.9. The van der Waals surface area contributed by atoms with Gasteiger partial charge in [-0.2, -0.15) is 0 Å². The van der Waals surface area contributed by atoms with Crippen molar-refractivity contribution in [1.29, 1.82) is 0 Å². The summed E-state index contributed by atoms with van der Waals surface area (Å²) in [4.78, 5) is 68.5. The summed E-state index contributed by atoms with van der Waals surface area (Å²) >= 11 is 1.37. The van der Waals surface area contributed by atoms with Gasteiger partial charge >= 0.3 is 5.97 Å². The minimum absolute atomic E-state index is 0.00113. The van der Waals surface area contributed by atoms with Gasteiger partial charge in [-0.3, -0.25) is 29.2 Å². The summed E-state index contributed by atoms with van der Waals surface area (Å²) in [5.74, 6) is -2.47. The summed E-state index contributed by atoms with van der Waals surface area (Å²) in [6, 6.07) is 8.58. The first-order valence-corrected chi connectivity index (χ1v) is 23.2. The highest BCUT2D eigenvalue weighted by Crippen LogP contribution is 2.48. The third kappa shape index (κ3) is 8.28. The maximum atomic E-state index is 14.8. The van der Waals surface area contributed by atoms with Gasteiger partial charge in [0.1, 0.15) is 23.2 Å². The van der Waals surface area contributed by atoms with Crippen LogP contribution in [-0.4, -0.2) is 99.7 Å². The van der Waals surface area contributed by atoms with E-state index in [1.807, 2.05) is 37.1 Å². The number of cyclic esters (lactones) is 1. The molecule has 1 aliphatic carbocycles. The van der Waals surface area contributed by atoms with E-state index >= 15 is 0 Å². The van der Waals surface area contributed by atoms with Gasteiger partial charge in [-0.15, -0.1) is 11.3 Å². The predicted molar refractivity (Wildman–Crippen MR) is 237 cm³/mol. The smallest absolute Gasteiger partial charge is 0.324 e. The lowest BCUT2D eigenvalue weighted by Gasteiger charge is -2.37. The molecule has 8 rings (SSSR count). The summed E-state index contributed by atoms with van der Waals surface area (Å²) in [7, 11) is 1.69. The SMILES string of the molecule is CCO[C@@H]1c2nc(cs2)-c2ccc3c(c2)c(c(-c2cccnc2[C@H](C)OC)n3CC)CC(C)(C)COC(=O)[C@@H]2CCCN(N2)C(=O)C1NC(=O)[C@@H]1[C@@H](C)[C@H]1C(=O)N1CCC[C@H]1C. The van der Waals surface area contributed by atoms with Gasteiger partial charge in [0.05, 0.1) is 41.6 Å². The molecule has 0 spiro atoms. The average molecular weight is 868 g/mol. The molecule has 8 atom stereocenters. The summed E-state index contributed by atoms with van der Waals surface area (Å²) < 4.78 is 20.6. The number of hydrogen-bond donors (Lipinski definition) is 2. The predicted octanol–water partition coefficient (Wildman–Crippen LogP) is 6.63. The molecule has 3 amide bonds. The number of pyridine rings is 1. The lowest BCUT2D eigenvalue weighted by molar-refractivity contribution is -0.156. The first-order valence-electron chi connectivity index (χ1n) is 22.3. The van der Waals surface area contributed by atoms with Crippen molar-refractivity contribution < 1.29 is 33.4 Å². The van der Waals surface area contributed by atoms with Gasteiger partial charge in [0, 0.05) is 78.4 Å². The van der Waals surface area contributed by atoms with Crippen LogP contribution >= 0.6 is 11.3 Å². The fourth-order valence-corrected chi connectivity index (χ4v) is 10.8. The Hall–Kier alpha value is -4.70. The van der Waals surface area contributed by atoms with Crippen LogP contribution in [0.4, 0.5) is 0 Å². The van der Waals surface area contributed by atoms with Crippen LogP contribution in [0.5, 0.6) is 0 Å². The van der Waals surface area contributed by atoms with E-state index in [4.69, 9.17) is 24.2 Å². The minimum atomic E-state index is -1.20. The van der Waals surface area contributed by atoms with Crippen LogP contribution in [0, 0.1) is 23.2 Å². The highest BCUT2D eigenvalue weighted by atomic mass is 32.1. The zero-order chi connectivity index (χ0) is 44.0. The lowest BCUT2D eigenvalue weighted by Crippen LogP contribution is -2.61. The van der Waals surface area contributed by atoms with Gasteiger partial charge in [-0.1, -0.05) is 26.8 Å². The molecule has 6 bridgehead atoms. The largest absolute Gasteiger partial charge is 0.464 e. The quantitative estimate of drug-likeness (QED) is 0.175. The Labute approximate surface area is 368 Å². The second kappa shape index (κ2) is 17.8. The van der Waals surface area contributed by atoms with Crippen molar-refractivity contribution in [3.63, 3.8) is 0 Å². The van der Waals surface area contributed by atoms with Gasteiger partial charge in [0.2, 0.25) is 11.8 Å². The Morgan fingerprint density at radius 2 is 1.89 bits per heavy atom. The Kier molecular flexibility index (Phi) is 12.6. The molecule has 1 saturated carbocycles. The highest BCUT2D eigenvalue weighted by molar-refractivity contribution is 7.10. The molecular weight excluding hydrogens is 807 g/mol. The molecule has 2 saturated heterocycles. The summed E-state index contributed by atoms with van der Waals surface area (Å²) in [6.07, 6.45) is 4.08. The number of hydrogen-bond acceptors (Lipinski definition) is 11. The molecule has 332 valence electrons. The van der Waals surface area contributed by atoms with E-state index in [1.54, 1.807) is 13.3 Å². The molecule has 6 heterocycles. The maximum absolute atomic E-state index is 14.8. The number of carbonyl (C=O) groups is 4. The number of methoxy groups -OCH3 is 1. The van der Waals surface area contributed by atoms with E-state index in [-0.39, 0.29) is 43.1 Å². The van der Waals surface area contributed by atoms with E-state index in [2.05, 4.69) is 67.3 Å². The number of aryl methyl sites for hydroxylation is 1. The van der Waals surface area contributed by atoms with E-state index in [9.17, 15) is 19.2 Å². The molecule has 2 N–H and O–H groups in total. The molecule has 15 heteroatoms. The van der Waals surface area contributed by atoms with E-state index < -0.39 is 47.3 Å². The summed E-state index contributed by atoms with van der Waals surface area (Å²) in [5.41, 5.74) is 9.27. The van der Waals surface area contributed by atoms with E-state index in [1.165, 1.54) is 16.3 Å². The molecule has 1 unspecified atom stereocenters. The fraction of sp³-hybridized carbons (Fsp3) is 0.574. The number of rotatable bonds is 9. The third-order valence-electron chi connectivity index (χ3n) is 13.4. The molecule has 4 aliphatic rings. The number of carbonyl (C=O) groups excluding carboxylic acids is 4. The number of thiazole rings is 1. The zero-order valence-electron chi connectivity index (χ0n) is 37.2. The fourth-order valence-electron chi connectivity index (χ4n) is 9.88. The average Bonchev–Trinajstić information content (AvgIpc) is 3.61. The van der Waals surface area contributed by atoms with Crippen molar-refractivity contribution in [3.8, 4) is 22.5 Å². The van der Waals surface area contributed by atoms with Gasteiger partial charge in [-0.25, -0.2) is 10.4 Å². The number of fused-ring (bicyclic) bond motifs is 6. The number of hydrazine groups is 1. The number of esters is 1. The Morgan fingerprint density at radius 1 is 1.10 bits per heavy atom. The molecule has 3 aromatic heterocycles. The van der Waals surface area contributed by atoms with Gasteiger partial charge in [0.25, 0.3) is 5.91 Å². The molecule has 4 aromatic rings. The van der Waals surface area contributed by atoms with Crippen LogP contribution in [0.25, 0.3) is 33.4 Å². The second-order valence-corrected chi connectivity index (χ2v) is 19.1. The molecule has 3 aliphatic heterocycles. The molecule has 62 heavy (non-hydrogen) atoms. The number of ether oxygens (including phenoxy) is 3. The number of nitrogens with zero attached hydrogens (tertiary/aromatic N) is 5. The van der Waals surface area contributed by atoms with Crippen molar-refractivity contribution in [3.05, 3.63) is 58.2 Å². The van der Waals surface area contributed by atoms with Crippen molar-refractivity contribution in [2.75, 3.05) is 33.4 Å². The Balaban J connectivity index is 1.22. The number of amides is 3. The first kappa shape index (κ1) is 43.9. The maximum Gasteiger partial charge on any atom is 0.324 e. The number of nitrogens with one attached hydrogen (secondary N) is 2. The molecule has 14 nitrogen and oxygen atoms in total. The third-order valence-corrected chi connectivity index (χ3v) is 14.3. The molecule has 3 fully saturated rings. The lowest BCUT2D eigenvalue weighted by atomic mass is 9.84.